The molecule has 0 aromatic carbocycles. The molecule has 0 amide bonds. The van der Waals surface area contributed by atoms with Gasteiger partial charge in [-0.1, -0.05) is 0 Å². The summed E-state index contributed by atoms with van der Waals surface area (Å²) in [5.74, 6) is 1.02. The molecule has 0 unspecified atom stereocenters. The lowest BCUT2D eigenvalue weighted by Gasteiger charge is -2.04. The quantitative estimate of drug-likeness (QED) is 0.909. The van der Waals surface area contributed by atoms with E-state index in [0.29, 0.717) is 0 Å². The summed E-state index contributed by atoms with van der Waals surface area (Å²) in [6.07, 6.45) is 1.63. The molecule has 2 rings (SSSR count). The van der Waals surface area contributed by atoms with Crippen LogP contribution < -0.4 is 11.1 Å². The van der Waals surface area contributed by atoms with Gasteiger partial charge in [0.2, 0.25) is 5.95 Å². The Morgan fingerprint density at radius 2 is 2.33 bits per heavy atom. The average molecular weight is 285 g/mol. The Kier molecular flexibility index (Phi) is 3.17. The molecule has 0 radical (unpaired) electrons. The zero-order valence-electron chi connectivity index (χ0n) is 7.77. The van der Waals surface area contributed by atoms with E-state index in [0.717, 1.165) is 16.8 Å². The molecule has 78 valence electrons. The zero-order chi connectivity index (χ0) is 10.7. The highest BCUT2D eigenvalue weighted by Crippen LogP contribution is 2.23. The van der Waals surface area contributed by atoms with Crippen LogP contribution in [0.3, 0.4) is 0 Å². The first kappa shape index (κ1) is 10.4. The van der Waals surface area contributed by atoms with E-state index in [2.05, 4.69) is 31.2 Å². The van der Waals surface area contributed by atoms with Crippen LogP contribution in [0.15, 0.2) is 28.2 Å². The summed E-state index contributed by atoms with van der Waals surface area (Å²) in [6, 6.07) is 3.81. The van der Waals surface area contributed by atoms with Gasteiger partial charge in [0.05, 0.1) is 6.54 Å². The highest BCUT2D eigenvalue weighted by atomic mass is 79.9. The summed E-state index contributed by atoms with van der Waals surface area (Å²) < 4.78 is 1.11. The van der Waals surface area contributed by atoms with Gasteiger partial charge in [-0.25, -0.2) is 4.98 Å². The van der Waals surface area contributed by atoms with Crippen molar-refractivity contribution in [1.29, 1.82) is 0 Å². The van der Waals surface area contributed by atoms with E-state index in [-0.39, 0.29) is 5.95 Å². The molecule has 0 saturated carbocycles. The van der Waals surface area contributed by atoms with E-state index in [1.165, 1.54) is 4.88 Å². The molecule has 4 nitrogen and oxygen atoms in total. The first-order valence-electron chi connectivity index (χ1n) is 4.30. The van der Waals surface area contributed by atoms with Crippen molar-refractivity contribution < 1.29 is 0 Å². The van der Waals surface area contributed by atoms with Gasteiger partial charge in [0.15, 0.2) is 0 Å². The fourth-order valence-corrected chi connectivity index (χ4v) is 2.53. The second kappa shape index (κ2) is 4.59. The van der Waals surface area contributed by atoms with E-state index in [4.69, 9.17) is 5.73 Å². The van der Waals surface area contributed by atoms with Gasteiger partial charge in [0.25, 0.3) is 0 Å². The number of nitrogens with zero attached hydrogens (tertiary/aromatic N) is 2. The predicted octanol–water partition coefficient (Wildman–Crippen LogP) is 2.49. The maximum absolute atomic E-state index is 5.47. The topological polar surface area (TPSA) is 63.8 Å². The molecule has 0 fully saturated rings. The number of hydrogen-bond acceptors (Lipinski definition) is 5. The second-order valence-corrected chi connectivity index (χ2v) is 4.70. The number of thiophene rings is 1. The highest BCUT2D eigenvalue weighted by Gasteiger charge is 2.01. The summed E-state index contributed by atoms with van der Waals surface area (Å²) in [4.78, 5) is 9.10. The van der Waals surface area contributed by atoms with Gasteiger partial charge in [-0.2, -0.15) is 4.98 Å². The number of nitrogen functional groups attached to an aromatic ring is 1. The number of halogens is 1. The van der Waals surface area contributed by atoms with Crippen molar-refractivity contribution in [2.45, 2.75) is 6.54 Å². The molecule has 2 aromatic heterocycles. The van der Waals surface area contributed by atoms with E-state index in [1.807, 2.05) is 11.4 Å². The van der Waals surface area contributed by atoms with Gasteiger partial charge in [-0.05, 0) is 33.4 Å². The van der Waals surface area contributed by atoms with Crippen molar-refractivity contribution in [3.63, 3.8) is 0 Å². The smallest absolute Gasteiger partial charge is 0.221 e. The summed E-state index contributed by atoms with van der Waals surface area (Å²) in [6.45, 7) is 0.731. The number of rotatable bonds is 3. The van der Waals surface area contributed by atoms with Crippen LogP contribution in [-0.4, -0.2) is 9.97 Å². The SMILES string of the molecule is Nc1nccc(NCc2sccc2Br)n1. The van der Waals surface area contributed by atoms with Crippen LogP contribution in [0.1, 0.15) is 4.88 Å². The highest BCUT2D eigenvalue weighted by molar-refractivity contribution is 9.10. The molecule has 15 heavy (non-hydrogen) atoms. The Balaban J connectivity index is 2.02. The van der Waals surface area contributed by atoms with Gasteiger partial charge >= 0.3 is 0 Å². The van der Waals surface area contributed by atoms with Crippen molar-refractivity contribution in [2.75, 3.05) is 11.1 Å². The fraction of sp³-hybridized carbons (Fsp3) is 0.111. The van der Waals surface area contributed by atoms with Crippen LogP contribution >= 0.6 is 27.3 Å². The summed E-state index contributed by atoms with van der Waals surface area (Å²) in [5.41, 5.74) is 5.47. The summed E-state index contributed by atoms with van der Waals surface area (Å²) in [7, 11) is 0. The van der Waals surface area contributed by atoms with Crippen LogP contribution in [0.4, 0.5) is 11.8 Å². The molecule has 0 aliphatic carbocycles. The van der Waals surface area contributed by atoms with Gasteiger partial charge in [0, 0.05) is 15.5 Å². The van der Waals surface area contributed by atoms with Gasteiger partial charge in [-0.3, -0.25) is 0 Å². The molecule has 0 aliphatic heterocycles. The number of nitrogens with one attached hydrogen (secondary N) is 1. The van der Waals surface area contributed by atoms with Gasteiger partial charge in [0.1, 0.15) is 5.82 Å². The van der Waals surface area contributed by atoms with Crippen molar-refractivity contribution in [3.8, 4) is 0 Å². The normalized spacial score (nSPS) is 10.2. The Hall–Kier alpha value is -1.14. The molecule has 0 aliphatic rings. The van der Waals surface area contributed by atoms with Gasteiger partial charge in [-0.15, -0.1) is 11.3 Å². The van der Waals surface area contributed by atoms with Crippen LogP contribution in [-0.2, 0) is 6.54 Å². The molecular formula is C9H9BrN4S. The van der Waals surface area contributed by atoms with Crippen molar-refractivity contribution in [2.24, 2.45) is 0 Å². The minimum atomic E-state index is 0.283. The van der Waals surface area contributed by atoms with E-state index < -0.39 is 0 Å². The molecule has 3 N–H and O–H groups in total. The Bertz CT molecular complexity index is 457. The first-order valence-corrected chi connectivity index (χ1v) is 5.97. The number of hydrogen-bond donors (Lipinski definition) is 2. The molecule has 6 heteroatoms. The second-order valence-electron chi connectivity index (χ2n) is 2.85. The Morgan fingerprint density at radius 1 is 1.47 bits per heavy atom. The van der Waals surface area contributed by atoms with Crippen LogP contribution in [0, 0.1) is 0 Å². The summed E-state index contributed by atoms with van der Waals surface area (Å²) in [5, 5.41) is 5.22. The minimum Gasteiger partial charge on any atom is -0.368 e. The maximum Gasteiger partial charge on any atom is 0.221 e. The lowest BCUT2D eigenvalue weighted by atomic mass is 10.4. The van der Waals surface area contributed by atoms with Crippen LogP contribution in [0.25, 0.3) is 0 Å². The zero-order valence-corrected chi connectivity index (χ0v) is 10.2. The Morgan fingerprint density at radius 3 is 3.00 bits per heavy atom. The van der Waals surface area contributed by atoms with E-state index in [1.54, 1.807) is 23.6 Å². The monoisotopic (exact) mass is 284 g/mol. The molecule has 0 saturated heterocycles. The molecule has 0 spiro atoms. The third-order valence-corrected chi connectivity index (χ3v) is 3.72. The van der Waals surface area contributed by atoms with Crippen molar-refractivity contribution >= 4 is 39.0 Å². The maximum atomic E-state index is 5.47. The minimum absolute atomic E-state index is 0.283. The first-order chi connectivity index (χ1) is 7.25. The Labute approximate surface area is 99.7 Å². The van der Waals surface area contributed by atoms with Crippen molar-refractivity contribution in [1.82, 2.24) is 9.97 Å². The predicted molar refractivity (Wildman–Crippen MR) is 65.8 cm³/mol. The average Bonchev–Trinajstić information content (AvgIpc) is 2.61. The lowest BCUT2D eigenvalue weighted by Crippen LogP contribution is -2.02. The number of anilines is 2. The largest absolute Gasteiger partial charge is 0.368 e. The van der Waals surface area contributed by atoms with Crippen LogP contribution in [0.5, 0.6) is 0 Å². The lowest BCUT2D eigenvalue weighted by molar-refractivity contribution is 1.10. The van der Waals surface area contributed by atoms with Gasteiger partial charge < -0.3 is 11.1 Å². The number of nitrogens with two attached hydrogens (primary N) is 1. The van der Waals surface area contributed by atoms with E-state index >= 15 is 0 Å². The van der Waals surface area contributed by atoms with Crippen LogP contribution in [0.2, 0.25) is 0 Å². The number of aromatic nitrogens is 2. The molecular weight excluding hydrogens is 276 g/mol. The third kappa shape index (κ3) is 2.66. The standard InChI is InChI=1S/C9H9BrN4S/c10-6-2-4-15-7(6)5-13-8-1-3-12-9(11)14-8/h1-4H,5H2,(H3,11,12,13,14). The van der Waals surface area contributed by atoms with Crippen molar-refractivity contribution in [3.05, 3.63) is 33.1 Å². The fourth-order valence-electron chi connectivity index (χ4n) is 1.09. The molecule has 0 bridgehead atoms. The van der Waals surface area contributed by atoms with E-state index in [9.17, 15) is 0 Å². The third-order valence-electron chi connectivity index (χ3n) is 1.80. The molecule has 2 heterocycles. The molecule has 2 aromatic rings. The molecule has 0 atom stereocenters. The summed E-state index contributed by atoms with van der Waals surface area (Å²) >= 11 is 5.16.